The van der Waals surface area contributed by atoms with Gasteiger partial charge in [-0.2, -0.15) is 0 Å². The van der Waals surface area contributed by atoms with Gasteiger partial charge >= 0.3 is 0 Å². The van der Waals surface area contributed by atoms with E-state index in [1.807, 2.05) is 44.2 Å². The molecular formula is C14H15NO. The maximum absolute atomic E-state index is 11.7. The van der Waals surface area contributed by atoms with Crippen LogP contribution in [-0.4, -0.2) is 10.8 Å². The Morgan fingerprint density at radius 2 is 2.00 bits per heavy atom. The van der Waals surface area contributed by atoms with Gasteiger partial charge in [-0.1, -0.05) is 32.0 Å². The van der Waals surface area contributed by atoms with Crippen molar-refractivity contribution >= 4 is 16.7 Å². The lowest BCUT2D eigenvalue weighted by Gasteiger charge is -2.07. The van der Waals surface area contributed by atoms with E-state index in [1.165, 1.54) is 0 Å². The summed E-state index contributed by atoms with van der Waals surface area (Å²) in [6, 6.07) is 9.86. The number of aromatic nitrogens is 1. The predicted octanol–water partition coefficient (Wildman–Crippen LogP) is 3.00. The maximum Gasteiger partial charge on any atom is 0.139 e. The summed E-state index contributed by atoms with van der Waals surface area (Å²) in [6.45, 7) is 3.87. The molecule has 0 radical (unpaired) electrons. The Morgan fingerprint density at radius 1 is 1.25 bits per heavy atom. The van der Waals surface area contributed by atoms with Gasteiger partial charge in [0.1, 0.15) is 5.78 Å². The molecule has 0 spiro atoms. The summed E-state index contributed by atoms with van der Waals surface area (Å²) in [5.41, 5.74) is 2.03. The summed E-state index contributed by atoms with van der Waals surface area (Å²) in [5, 5.41) is 1.08. The summed E-state index contributed by atoms with van der Waals surface area (Å²) < 4.78 is 0. The molecule has 1 aromatic carbocycles. The average Bonchev–Trinajstić information content (AvgIpc) is 2.29. The van der Waals surface area contributed by atoms with E-state index >= 15 is 0 Å². The van der Waals surface area contributed by atoms with Gasteiger partial charge in [0.15, 0.2) is 0 Å². The van der Waals surface area contributed by atoms with Crippen molar-refractivity contribution in [1.82, 2.24) is 4.98 Å². The lowest BCUT2D eigenvalue weighted by atomic mass is 9.99. The van der Waals surface area contributed by atoms with Crippen molar-refractivity contribution in [2.45, 2.75) is 20.3 Å². The standard InChI is InChI=1S/C14H15NO/c1-10(2)14(16)9-11-7-8-15-13-6-4-3-5-12(11)13/h3-8,10H,9H2,1-2H3. The first-order valence-electron chi connectivity index (χ1n) is 5.54. The lowest BCUT2D eigenvalue weighted by molar-refractivity contribution is -0.121. The SMILES string of the molecule is CC(C)C(=O)Cc1ccnc2ccccc12. The number of benzene rings is 1. The molecule has 0 aliphatic heterocycles. The van der Waals surface area contributed by atoms with Crippen molar-refractivity contribution in [3.05, 3.63) is 42.1 Å². The van der Waals surface area contributed by atoms with Crippen molar-refractivity contribution in [3.63, 3.8) is 0 Å². The first-order chi connectivity index (χ1) is 7.68. The van der Waals surface area contributed by atoms with Crippen LogP contribution >= 0.6 is 0 Å². The second-order valence-corrected chi connectivity index (χ2v) is 4.29. The van der Waals surface area contributed by atoms with E-state index in [9.17, 15) is 4.79 Å². The van der Waals surface area contributed by atoms with Gasteiger partial charge in [0, 0.05) is 23.9 Å². The topological polar surface area (TPSA) is 30.0 Å². The zero-order valence-corrected chi connectivity index (χ0v) is 9.60. The summed E-state index contributed by atoms with van der Waals surface area (Å²) >= 11 is 0. The second kappa shape index (κ2) is 4.44. The molecule has 1 aromatic heterocycles. The van der Waals surface area contributed by atoms with Crippen LogP contribution in [0.15, 0.2) is 36.5 Å². The minimum absolute atomic E-state index is 0.0897. The highest BCUT2D eigenvalue weighted by atomic mass is 16.1. The monoisotopic (exact) mass is 213 g/mol. The third-order valence-electron chi connectivity index (χ3n) is 2.75. The average molecular weight is 213 g/mol. The molecule has 0 aliphatic carbocycles. The number of pyridine rings is 1. The molecule has 82 valence electrons. The summed E-state index contributed by atoms with van der Waals surface area (Å²) in [5.74, 6) is 0.364. The van der Waals surface area contributed by atoms with E-state index < -0.39 is 0 Å². The van der Waals surface area contributed by atoms with Gasteiger partial charge in [-0.15, -0.1) is 0 Å². The zero-order valence-electron chi connectivity index (χ0n) is 9.60. The predicted molar refractivity (Wildman–Crippen MR) is 65.3 cm³/mol. The van der Waals surface area contributed by atoms with Gasteiger partial charge in [0.05, 0.1) is 5.52 Å². The minimum atomic E-state index is 0.0897. The Morgan fingerprint density at radius 3 is 2.75 bits per heavy atom. The lowest BCUT2D eigenvalue weighted by Crippen LogP contribution is -2.10. The molecule has 0 amide bonds. The molecule has 2 aromatic rings. The second-order valence-electron chi connectivity index (χ2n) is 4.29. The Kier molecular flexibility index (Phi) is 3.00. The number of carbonyl (C=O) groups is 1. The summed E-state index contributed by atoms with van der Waals surface area (Å²) in [6.07, 6.45) is 2.27. The van der Waals surface area contributed by atoms with E-state index in [0.29, 0.717) is 6.42 Å². The van der Waals surface area contributed by atoms with Crippen LogP contribution in [0, 0.1) is 5.92 Å². The molecule has 2 nitrogen and oxygen atoms in total. The minimum Gasteiger partial charge on any atom is -0.299 e. The first kappa shape index (κ1) is 10.8. The quantitative estimate of drug-likeness (QED) is 0.784. The number of carbonyl (C=O) groups excluding carboxylic acids is 1. The molecule has 2 rings (SSSR count). The molecule has 0 atom stereocenters. The van der Waals surface area contributed by atoms with Crippen molar-refractivity contribution in [3.8, 4) is 0 Å². The Balaban J connectivity index is 2.41. The van der Waals surface area contributed by atoms with Crippen LogP contribution in [0.3, 0.4) is 0 Å². The fourth-order valence-corrected chi connectivity index (χ4v) is 1.70. The third kappa shape index (κ3) is 2.11. The third-order valence-corrected chi connectivity index (χ3v) is 2.75. The van der Waals surface area contributed by atoms with Gasteiger partial charge < -0.3 is 0 Å². The highest BCUT2D eigenvalue weighted by Crippen LogP contribution is 2.17. The fourth-order valence-electron chi connectivity index (χ4n) is 1.70. The maximum atomic E-state index is 11.7. The normalized spacial score (nSPS) is 10.9. The van der Waals surface area contributed by atoms with E-state index in [-0.39, 0.29) is 11.7 Å². The molecule has 0 aliphatic rings. The van der Waals surface area contributed by atoms with Crippen molar-refractivity contribution < 1.29 is 4.79 Å². The smallest absolute Gasteiger partial charge is 0.139 e. The Labute approximate surface area is 95.3 Å². The molecule has 1 heterocycles. The number of hydrogen-bond donors (Lipinski definition) is 0. The number of rotatable bonds is 3. The van der Waals surface area contributed by atoms with Gasteiger partial charge in [0.2, 0.25) is 0 Å². The molecule has 16 heavy (non-hydrogen) atoms. The molecule has 2 heteroatoms. The van der Waals surface area contributed by atoms with Crippen molar-refractivity contribution in [2.75, 3.05) is 0 Å². The molecule has 0 N–H and O–H groups in total. The summed E-state index contributed by atoms with van der Waals surface area (Å²) in [4.78, 5) is 16.0. The van der Waals surface area contributed by atoms with Gasteiger partial charge in [-0.25, -0.2) is 0 Å². The Bertz CT molecular complexity index is 512. The van der Waals surface area contributed by atoms with E-state index in [0.717, 1.165) is 16.5 Å². The highest BCUT2D eigenvalue weighted by molar-refractivity contribution is 5.89. The van der Waals surface area contributed by atoms with Crippen LogP contribution in [-0.2, 0) is 11.2 Å². The van der Waals surface area contributed by atoms with E-state index in [2.05, 4.69) is 4.98 Å². The van der Waals surface area contributed by atoms with Gasteiger partial charge in [-0.05, 0) is 17.7 Å². The number of para-hydroxylation sites is 1. The number of nitrogens with zero attached hydrogens (tertiary/aromatic N) is 1. The molecule has 0 fully saturated rings. The van der Waals surface area contributed by atoms with Crippen molar-refractivity contribution in [1.29, 1.82) is 0 Å². The number of fused-ring (bicyclic) bond motifs is 1. The number of ketones is 1. The van der Waals surface area contributed by atoms with Crippen molar-refractivity contribution in [2.24, 2.45) is 5.92 Å². The Hall–Kier alpha value is -1.70. The largest absolute Gasteiger partial charge is 0.299 e. The van der Waals surface area contributed by atoms with Gasteiger partial charge in [-0.3, -0.25) is 9.78 Å². The highest BCUT2D eigenvalue weighted by Gasteiger charge is 2.10. The van der Waals surface area contributed by atoms with E-state index in [4.69, 9.17) is 0 Å². The zero-order chi connectivity index (χ0) is 11.5. The van der Waals surface area contributed by atoms with E-state index in [1.54, 1.807) is 6.20 Å². The number of hydrogen-bond acceptors (Lipinski definition) is 2. The molecule has 0 bridgehead atoms. The summed E-state index contributed by atoms with van der Waals surface area (Å²) in [7, 11) is 0. The molecule has 0 saturated heterocycles. The molecular weight excluding hydrogens is 198 g/mol. The number of Topliss-reactive ketones (excluding diaryl/α,β-unsaturated/α-hetero) is 1. The van der Waals surface area contributed by atoms with Gasteiger partial charge in [0.25, 0.3) is 0 Å². The van der Waals surface area contributed by atoms with Crippen LogP contribution in [0.5, 0.6) is 0 Å². The van der Waals surface area contributed by atoms with Crippen LogP contribution in [0.2, 0.25) is 0 Å². The van der Waals surface area contributed by atoms with Crippen LogP contribution in [0.25, 0.3) is 10.9 Å². The molecule has 0 saturated carbocycles. The van der Waals surface area contributed by atoms with Crippen LogP contribution < -0.4 is 0 Å². The van der Waals surface area contributed by atoms with Crippen LogP contribution in [0.1, 0.15) is 19.4 Å². The first-order valence-corrected chi connectivity index (χ1v) is 5.54. The molecule has 0 unspecified atom stereocenters. The van der Waals surface area contributed by atoms with Crippen LogP contribution in [0.4, 0.5) is 0 Å². The fraction of sp³-hybridized carbons (Fsp3) is 0.286.